The van der Waals surface area contributed by atoms with E-state index in [4.69, 9.17) is 4.74 Å². The number of fused-ring (bicyclic) bond motifs is 2. The fraction of sp³-hybridized carbons (Fsp3) is 0.176. The lowest BCUT2D eigenvalue weighted by Gasteiger charge is -2.23. The number of pyridine rings is 1. The van der Waals surface area contributed by atoms with Crippen LogP contribution in [0.3, 0.4) is 0 Å². The molecule has 0 aliphatic carbocycles. The Kier molecular flexibility index (Phi) is 3.45. The third-order valence-corrected chi connectivity index (χ3v) is 3.99. The molecule has 7 nitrogen and oxygen atoms in total. The minimum absolute atomic E-state index is 0.208. The Morgan fingerprint density at radius 1 is 1.21 bits per heavy atom. The van der Waals surface area contributed by atoms with E-state index in [1.807, 2.05) is 36.5 Å². The molecule has 1 aliphatic heterocycles. The van der Waals surface area contributed by atoms with Crippen molar-refractivity contribution in [3.05, 3.63) is 65.6 Å². The summed E-state index contributed by atoms with van der Waals surface area (Å²) in [5, 5.41) is 10.8. The van der Waals surface area contributed by atoms with Gasteiger partial charge in [0.25, 0.3) is 5.91 Å². The van der Waals surface area contributed by atoms with E-state index >= 15 is 0 Å². The van der Waals surface area contributed by atoms with E-state index in [-0.39, 0.29) is 12.5 Å². The van der Waals surface area contributed by atoms with Gasteiger partial charge in [-0.25, -0.2) is 4.79 Å². The van der Waals surface area contributed by atoms with Crippen molar-refractivity contribution in [2.24, 2.45) is 0 Å². The van der Waals surface area contributed by atoms with Crippen molar-refractivity contribution in [2.45, 2.75) is 19.1 Å². The van der Waals surface area contributed by atoms with Gasteiger partial charge in [0.2, 0.25) is 0 Å². The molecule has 24 heavy (non-hydrogen) atoms. The molecule has 3 heterocycles. The number of cyclic esters (lactones) is 1. The third-order valence-electron chi connectivity index (χ3n) is 3.99. The van der Waals surface area contributed by atoms with Crippen LogP contribution in [0.2, 0.25) is 0 Å². The quantitative estimate of drug-likeness (QED) is 0.731. The Morgan fingerprint density at radius 2 is 2.04 bits per heavy atom. The van der Waals surface area contributed by atoms with E-state index in [0.717, 1.165) is 5.56 Å². The number of nitrogens with zero attached hydrogens (tertiary/aromatic N) is 3. The van der Waals surface area contributed by atoms with E-state index in [1.165, 1.54) is 0 Å². The first-order valence-corrected chi connectivity index (χ1v) is 7.57. The molecule has 4 rings (SSSR count). The van der Waals surface area contributed by atoms with E-state index < -0.39 is 12.1 Å². The van der Waals surface area contributed by atoms with Crippen molar-refractivity contribution in [3.8, 4) is 0 Å². The number of ether oxygens (including phenoxy) is 1. The van der Waals surface area contributed by atoms with Gasteiger partial charge in [-0.3, -0.25) is 9.20 Å². The number of benzene rings is 1. The zero-order valence-electron chi connectivity index (χ0n) is 12.7. The van der Waals surface area contributed by atoms with Crippen LogP contribution in [0.4, 0.5) is 0 Å². The van der Waals surface area contributed by atoms with Crippen LogP contribution in [0.1, 0.15) is 21.7 Å². The summed E-state index contributed by atoms with van der Waals surface area (Å²) >= 11 is 0. The topological polar surface area (TPSA) is 85.6 Å². The standard InChI is InChI=1S/C17H14N4O3/c22-16(13-9-11-5-1-2-6-12(11)17(23)24-13)18-10-15-20-19-14-7-3-4-8-21(14)15/h1-8,13H,9-10H2,(H,18,22)/t13-/m0/s1. The Balaban J connectivity index is 1.46. The van der Waals surface area contributed by atoms with E-state index in [1.54, 1.807) is 16.5 Å². The van der Waals surface area contributed by atoms with Crippen LogP contribution in [0.15, 0.2) is 48.7 Å². The molecule has 1 aliphatic rings. The number of amides is 1. The van der Waals surface area contributed by atoms with Gasteiger partial charge in [0.05, 0.1) is 12.1 Å². The monoisotopic (exact) mass is 322 g/mol. The fourth-order valence-electron chi connectivity index (χ4n) is 2.77. The Morgan fingerprint density at radius 3 is 2.96 bits per heavy atom. The molecule has 0 unspecified atom stereocenters. The highest BCUT2D eigenvalue weighted by molar-refractivity contribution is 5.95. The van der Waals surface area contributed by atoms with Gasteiger partial charge in [0.1, 0.15) is 0 Å². The molecule has 1 N–H and O–H groups in total. The molecule has 1 atom stereocenters. The predicted molar refractivity (Wildman–Crippen MR) is 84.2 cm³/mol. The van der Waals surface area contributed by atoms with Crippen molar-refractivity contribution in [1.82, 2.24) is 19.9 Å². The van der Waals surface area contributed by atoms with Gasteiger partial charge in [-0.1, -0.05) is 24.3 Å². The average molecular weight is 322 g/mol. The highest BCUT2D eigenvalue weighted by Gasteiger charge is 2.30. The number of hydrogen-bond acceptors (Lipinski definition) is 5. The number of carbonyl (C=O) groups is 2. The van der Waals surface area contributed by atoms with Gasteiger partial charge in [-0.05, 0) is 23.8 Å². The lowest BCUT2D eigenvalue weighted by atomic mass is 9.98. The molecule has 2 aromatic heterocycles. The Bertz CT molecular complexity index is 934. The first-order chi connectivity index (χ1) is 11.7. The van der Waals surface area contributed by atoms with E-state index in [9.17, 15) is 9.59 Å². The first-order valence-electron chi connectivity index (χ1n) is 7.57. The highest BCUT2D eigenvalue weighted by Crippen LogP contribution is 2.20. The second kappa shape index (κ2) is 5.77. The Hall–Kier alpha value is -3.22. The molecule has 0 saturated carbocycles. The van der Waals surface area contributed by atoms with Gasteiger partial charge in [-0.2, -0.15) is 0 Å². The largest absolute Gasteiger partial charge is 0.448 e. The normalized spacial score (nSPS) is 16.5. The van der Waals surface area contributed by atoms with Crippen LogP contribution in [0, 0.1) is 0 Å². The van der Waals surface area contributed by atoms with Gasteiger partial charge >= 0.3 is 5.97 Å². The summed E-state index contributed by atoms with van der Waals surface area (Å²) < 4.78 is 7.03. The molecule has 0 radical (unpaired) electrons. The molecule has 0 fully saturated rings. The summed E-state index contributed by atoms with van der Waals surface area (Å²) in [6, 6.07) is 12.7. The molecule has 0 spiro atoms. The Labute approximate surface area is 137 Å². The third kappa shape index (κ3) is 2.50. The van der Waals surface area contributed by atoms with Crippen LogP contribution in [0.25, 0.3) is 5.65 Å². The SMILES string of the molecule is O=C1O[C@H](C(=O)NCc2nnc3ccccn23)Cc2ccccc21. The van der Waals surface area contributed by atoms with Gasteiger partial charge < -0.3 is 10.1 Å². The zero-order valence-corrected chi connectivity index (χ0v) is 12.7. The zero-order chi connectivity index (χ0) is 16.5. The van der Waals surface area contributed by atoms with E-state index in [2.05, 4.69) is 15.5 Å². The maximum absolute atomic E-state index is 12.3. The van der Waals surface area contributed by atoms with Gasteiger partial charge in [-0.15, -0.1) is 10.2 Å². The summed E-state index contributed by atoms with van der Waals surface area (Å²) in [5.74, 6) is -0.197. The van der Waals surface area contributed by atoms with Crippen LogP contribution < -0.4 is 5.32 Å². The number of hydrogen-bond donors (Lipinski definition) is 1. The molecular weight excluding hydrogens is 308 g/mol. The van der Waals surface area contributed by atoms with Crippen molar-refractivity contribution in [2.75, 3.05) is 0 Å². The lowest BCUT2D eigenvalue weighted by Crippen LogP contribution is -2.41. The van der Waals surface area contributed by atoms with Crippen molar-refractivity contribution in [1.29, 1.82) is 0 Å². The van der Waals surface area contributed by atoms with Crippen LogP contribution in [-0.4, -0.2) is 32.6 Å². The maximum Gasteiger partial charge on any atom is 0.339 e. The molecule has 0 saturated heterocycles. The lowest BCUT2D eigenvalue weighted by molar-refractivity contribution is -0.130. The van der Waals surface area contributed by atoms with E-state index in [0.29, 0.717) is 23.5 Å². The molecule has 0 bridgehead atoms. The van der Waals surface area contributed by atoms with Crippen molar-refractivity contribution < 1.29 is 14.3 Å². The molecule has 120 valence electrons. The number of aromatic nitrogens is 3. The van der Waals surface area contributed by atoms with Crippen molar-refractivity contribution >= 4 is 17.5 Å². The first kappa shape index (κ1) is 14.4. The van der Waals surface area contributed by atoms with Crippen LogP contribution >= 0.6 is 0 Å². The minimum Gasteiger partial charge on any atom is -0.448 e. The van der Waals surface area contributed by atoms with Gasteiger partial charge in [0, 0.05) is 12.6 Å². The number of carbonyl (C=O) groups excluding carboxylic acids is 2. The van der Waals surface area contributed by atoms with Crippen LogP contribution in [-0.2, 0) is 22.5 Å². The predicted octanol–water partition coefficient (Wildman–Crippen LogP) is 1.13. The molecule has 3 aromatic rings. The summed E-state index contributed by atoms with van der Waals surface area (Å²) in [4.78, 5) is 24.3. The number of esters is 1. The van der Waals surface area contributed by atoms with Crippen molar-refractivity contribution in [3.63, 3.8) is 0 Å². The summed E-state index contributed by atoms with van der Waals surface area (Å²) in [6.07, 6.45) is 1.37. The number of nitrogens with one attached hydrogen (secondary N) is 1. The van der Waals surface area contributed by atoms with Gasteiger partial charge in [0.15, 0.2) is 17.6 Å². The number of rotatable bonds is 3. The fourth-order valence-corrected chi connectivity index (χ4v) is 2.77. The summed E-state index contributed by atoms with van der Waals surface area (Å²) in [5.41, 5.74) is 2.05. The molecule has 1 amide bonds. The molecule has 1 aromatic carbocycles. The smallest absolute Gasteiger partial charge is 0.339 e. The highest BCUT2D eigenvalue weighted by atomic mass is 16.5. The molecule has 7 heteroatoms. The summed E-state index contributed by atoms with van der Waals surface area (Å²) in [6.45, 7) is 0.208. The maximum atomic E-state index is 12.3. The average Bonchev–Trinajstić information content (AvgIpc) is 3.03. The van der Waals surface area contributed by atoms with Crippen LogP contribution in [0.5, 0.6) is 0 Å². The molecular formula is C17H14N4O3. The summed E-state index contributed by atoms with van der Waals surface area (Å²) in [7, 11) is 0. The second-order valence-corrected chi connectivity index (χ2v) is 5.52. The second-order valence-electron chi connectivity index (χ2n) is 5.52. The minimum atomic E-state index is -0.827.